The SMILES string of the molecule is COc1cc(C)c(C2CCC2=O)c(C)c1. The second-order valence-electron chi connectivity index (χ2n) is 4.23. The van der Waals surface area contributed by atoms with Crippen molar-refractivity contribution < 1.29 is 9.53 Å². The van der Waals surface area contributed by atoms with Gasteiger partial charge in [-0.05, 0) is 49.1 Å². The van der Waals surface area contributed by atoms with Crippen molar-refractivity contribution in [1.29, 1.82) is 0 Å². The summed E-state index contributed by atoms with van der Waals surface area (Å²) < 4.78 is 5.20. The first-order valence-corrected chi connectivity index (χ1v) is 5.31. The third-order valence-corrected chi connectivity index (χ3v) is 3.22. The van der Waals surface area contributed by atoms with Crippen LogP contribution in [0.25, 0.3) is 0 Å². The molecular weight excluding hydrogens is 188 g/mol. The van der Waals surface area contributed by atoms with E-state index in [0.717, 1.165) is 18.6 Å². The van der Waals surface area contributed by atoms with Crippen LogP contribution in [0.15, 0.2) is 12.1 Å². The van der Waals surface area contributed by atoms with Crippen molar-refractivity contribution in [1.82, 2.24) is 0 Å². The molecule has 0 spiro atoms. The summed E-state index contributed by atoms with van der Waals surface area (Å²) in [5.41, 5.74) is 3.56. The van der Waals surface area contributed by atoms with E-state index in [1.807, 2.05) is 12.1 Å². The summed E-state index contributed by atoms with van der Waals surface area (Å²) in [6.45, 7) is 4.10. The standard InChI is InChI=1S/C13H16O2/c1-8-6-10(15-3)7-9(2)13(8)11-4-5-12(11)14/h6-7,11H,4-5H2,1-3H3. The van der Waals surface area contributed by atoms with E-state index in [1.54, 1.807) is 7.11 Å². The fourth-order valence-corrected chi connectivity index (χ4v) is 2.31. The number of rotatable bonds is 2. The van der Waals surface area contributed by atoms with Crippen LogP contribution in [-0.4, -0.2) is 12.9 Å². The lowest BCUT2D eigenvalue weighted by Gasteiger charge is -2.27. The highest BCUT2D eigenvalue weighted by Gasteiger charge is 2.31. The molecule has 1 aromatic rings. The second kappa shape index (κ2) is 3.69. The van der Waals surface area contributed by atoms with Gasteiger partial charge in [0.1, 0.15) is 11.5 Å². The minimum absolute atomic E-state index is 0.149. The molecule has 1 fully saturated rings. The summed E-state index contributed by atoms with van der Waals surface area (Å²) in [6, 6.07) is 4.02. The molecule has 1 aliphatic carbocycles. The van der Waals surface area contributed by atoms with E-state index < -0.39 is 0 Å². The average Bonchev–Trinajstić information content (AvgIpc) is 2.20. The van der Waals surface area contributed by atoms with Crippen LogP contribution in [0.1, 0.15) is 35.4 Å². The van der Waals surface area contributed by atoms with Crippen LogP contribution in [0.4, 0.5) is 0 Å². The van der Waals surface area contributed by atoms with Crippen molar-refractivity contribution in [3.8, 4) is 5.75 Å². The molecular formula is C13H16O2. The Hall–Kier alpha value is -1.31. The molecule has 2 nitrogen and oxygen atoms in total. The molecule has 0 N–H and O–H groups in total. The maximum Gasteiger partial charge on any atom is 0.140 e. The molecule has 2 heteroatoms. The zero-order chi connectivity index (χ0) is 11.0. The van der Waals surface area contributed by atoms with Crippen LogP contribution in [0, 0.1) is 13.8 Å². The smallest absolute Gasteiger partial charge is 0.140 e. The molecule has 0 bridgehead atoms. The van der Waals surface area contributed by atoms with E-state index in [9.17, 15) is 4.79 Å². The first-order valence-electron chi connectivity index (χ1n) is 5.31. The number of ketones is 1. The number of hydrogen-bond acceptors (Lipinski definition) is 2. The molecule has 1 unspecified atom stereocenters. The largest absolute Gasteiger partial charge is 0.497 e. The maximum absolute atomic E-state index is 11.5. The predicted octanol–water partition coefficient (Wildman–Crippen LogP) is 2.76. The van der Waals surface area contributed by atoms with E-state index in [-0.39, 0.29) is 5.92 Å². The fraction of sp³-hybridized carbons (Fsp3) is 0.462. The lowest BCUT2D eigenvalue weighted by Crippen LogP contribution is -2.24. The monoisotopic (exact) mass is 204 g/mol. The van der Waals surface area contributed by atoms with Crippen molar-refractivity contribution in [2.75, 3.05) is 7.11 Å². The zero-order valence-electron chi connectivity index (χ0n) is 9.46. The number of hydrogen-bond donors (Lipinski definition) is 0. The Balaban J connectivity index is 2.43. The zero-order valence-corrected chi connectivity index (χ0v) is 9.46. The van der Waals surface area contributed by atoms with Gasteiger partial charge in [-0.2, -0.15) is 0 Å². The first kappa shape index (κ1) is 10.2. The van der Waals surface area contributed by atoms with Crippen molar-refractivity contribution in [3.05, 3.63) is 28.8 Å². The summed E-state index contributed by atoms with van der Waals surface area (Å²) >= 11 is 0. The Labute approximate surface area is 90.3 Å². The molecule has 0 amide bonds. The Kier molecular flexibility index (Phi) is 2.51. The minimum atomic E-state index is 0.149. The molecule has 15 heavy (non-hydrogen) atoms. The van der Waals surface area contributed by atoms with E-state index >= 15 is 0 Å². The second-order valence-corrected chi connectivity index (χ2v) is 4.23. The number of methoxy groups -OCH3 is 1. The fourth-order valence-electron chi connectivity index (χ4n) is 2.31. The van der Waals surface area contributed by atoms with Gasteiger partial charge in [0.15, 0.2) is 0 Å². The average molecular weight is 204 g/mol. The Morgan fingerprint density at radius 1 is 1.27 bits per heavy atom. The third-order valence-electron chi connectivity index (χ3n) is 3.22. The minimum Gasteiger partial charge on any atom is -0.497 e. The van der Waals surface area contributed by atoms with E-state index in [1.165, 1.54) is 16.7 Å². The van der Waals surface area contributed by atoms with Gasteiger partial charge in [0.25, 0.3) is 0 Å². The maximum atomic E-state index is 11.5. The van der Waals surface area contributed by atoms with Gasteiger partial charge in [-0.15, -0.1) is 0 Å². The number of carbonyl (C=O) groups is 1. The van der Waals surface area contributed by atoms with Gasteiger partial charge in [0.05, 0.1) is 7.11 Å². The number of Topliss-reactive ketones (excluding diaryl/α,β-unsaturated/α-hetero) is 1. The highest BCUT2D eigenvalue weighted by Crippen LogP contribution is 2.38. The first-order chi connectivity index (χ1) is 7.13. The molecule has 1 saturated carbocycles. The number of aryl methyl sites for hydroxylation is 2. The lowest BCUT2D eigenvalue weighted by molar-refractivity contribution is -0.125. The van der Waals surface area contributed by atoms with E-state index in [4.69, 9.17) is 4.74 Å². The summed E-state index contributed by atoms with van der Waals surface area (Å²) in [4.78, 5) is 11.5. The summed E-state index contributed by atoms with van der Waals surface area (Å²) in [6.07, 6.45) is 1.75. The molecule has 2 rings (SSSR count). The van der Waals surface area contributed by atoms with Crippen molar-refractivity contribution in [3.63, 3.8) is 0 Å². The molecule has 0 saturated heterocycles. The molecule has 0 radical (unpaired) electrons. The quantitative estimate of drug-likeness (QED) is 0.740. The Morgan fingerprint density at radius 3 is 2.20 bits per heavy atom. The van der Waals surface area contributed by atoms with Gasteiger partial charge in [-0.3, -0.25) is 4.79 Å². The van der Waals surface area contributed by atoms with Crippen LogP contribution in [0.5, 0.6) is 5.75 Å². The number of carbonyl (C=O) groups excluding carboxylic acids is 1. The molecule has 1 aliphatic rings. The molecule has 0 aliphatic heterocycles. The Bertz CT molecular complexity index is 384. The lowest BCUT2D eigenvalue weighted by atomic mass is 9.75. The van der Waals surface area contributed by atoms with E-state index in [2.05, 4.69) is 13.8 Å². The van der Waals surface area contributed by atoms with Crippen LogP contribution in [0.2, 0.25) is 0 Å². The van der Waals surface area contributed by atoms with Crippen LogP contribution < -0.4 is 4.74 Å². The number of benzene rings is 1. The van der Waals surface area contributed by atoms with Crippen LogP contribution >= 0.6 is 0 Å². The van der Waals surface area contributed by atoms with E-state index in [0.29, 0.717) is 5.78 Å². The van der Waals surface area contributed by atoms with Gasteiger partial charge in [-0.25, -0.2) is 0 Å². The normalized spacial score (nSPS) is 19.9. The van der Waals surface area contributed by atoms with Crippen molar-refractivity contribution in [2.45, 2.75) is 32.6 Å². The summed E-state index contributed by atoms with van der Waals surface area (Å²) in [7, 11) is 1.67. The highest BCUT2D eigenvalue weighted by molar-refractivity contribution is 5.91. The van der Waals surface area contributed by atoms with Crippen molar-refractivity contribution >= 4 is 5.78 Å². The summed E-state index contributed by atoms with van der Waals surface area (Å²) in [5, 5.41) is 0. The summed E-state index contributed by atoms with van der Waals surface area (Å²) in [5.74, 6) is 1.41. The van der Waals surface area contributed by atoms with Crippen LogP contribution in [0.3, 0.4) is 0 Å². The molecule has 80 valence electrons. The van der Waals surface area contributed by atoms with Gasteiger partial charge < -0.3 is 4.74 Å². The van der Waals surface area contributed by atoms with Crippen molar-refractivity contribution in [2.24, 2.45) is 0 Å². The molecule has 0 heterocycles. The molecule has 0 aromatic heterocycles. The third kappa shape index (κ3) is 1.65. The van der Waals surface area contributed by atoms with Gasteiger partial charge in [0.2, 0.25) is 0 Å². The van der Waals surface area contributed by atoms with Gasteiger partial charge in [-0.1, -0.05) is 0 Å². The van der Waals surface area contributed by atoms with Crippen LogP contribution in [-0.2, 0) is 4.79 Å². The molecule has 1 atom stereocenters. The molecule has 1 aromatic carbocycles. The van der Waals surface area contributed by atoms with Gasteiger partial charge in [0, 0.05) is 12.3 Å². The topological polar surface area (TPSA) is 26.3 Å². The number of ether oxygens (including phenoxy) is 1. The van der Waals surface area contributed by atoms with Gasteiger partial charge >= 0.3 is 0 Å². The highest BCUT2D eigenvalue weighted by atomic mass is 16.5. The predicted molar refractivity (Wildman–Crippen MR) is 59.5 cm³/mol. The Morgan fingerprint density at radius 2 is 1.87 bits per heavy atom.